The molecule has 1 atom stereocenters. The molecule has 0 saturated heterocycles. The minimum absolute atomic E-state index is 0.0750. The molecule has 168 valence electrons. The van der Waals surface area contributed by atoms with Gasteiger partial charge >= 0.3 is 0 Å². The summed E-state index contributed by atoms with van der Waals surface area (Å²) in [7, 11) is -3.73. The minimum Gasteiger partial charge on any atom is -0.354 e. The van der Waals surface area contributed by atoms with Crippen molar-refractivity contribution in [3.8, 4) is 0 Å². The van der Waals surface area contributed by atoms with Gasteiger partial charge in [-0.25, -0.2) is 8.42 Å². The van der Waals surface area contributed by atoms with Crippen LogP contribution in [0.2, 0.25) is 5.02 Å². The van der Waals surface area contributed by atoms with E-state index in [4.69, 9.17) is 11.6 Å². The lowest BCUT2D eigenvalue weighted by Crippen LogP contribution is -2.51. The summed E-state index contributed by atoms with van der Waals surface area (Å²) in [4.78, 5) is 27.3. The number of nitrogens with one attached hydrogen (secondary N) is 1. The van der Waals surface area contributed by atoms with Crippen LogP contribution < -0.4 is 9.62 Å². The lowest BCUT2D eigenvalue weighted by molar-refractivity contribution is -0.139. The topological polar surface area (TPSA) is 86.8 Å². The van der Waals surface area contributed by atoms with Gasteiger partial charge < -0.3 is 10.2 Å². The van der Waals surface area contributed by atoms with Crippen molar-refractivity contribution in [2.45, 2.75) is 32.9 Å². The molecule has 9 heteroatoms. The van der Waals surface area contributed by atoms with Gasteiger partial charge in [-0.3, -0.25) is 13.9 Å². The number of hydrogen-bond acceptors (Lipinski definition) is 4. The maximum Gasteiger partial charge on any atom is 0.244 e. The molecule has 0 bridgehead atoms. The number of amides is 2. The number of rotatable bonds is 10. The van der Waals surface area contributed by atoms with Crippen molar-refractivity contribution in [3.05, 3.63) is 65.2 Å². The van der Waals surface area contributed by atoms with Gasteiger partial charge in [-0.05, 0) is 37.1 Å². The van der Waals surface area contributed by atoms with Gasteiger partial charge in [0.25, 0.3) is 0 Å². The van der Waals surface area contributed by atoms with Gasteiger partial charge in [-0.1, -0.05) is 54.9 Å². The Labute approximate surface area is 189 Å². The fourth-order valence-corrected chi connectivity index (χ4v) is 4.04. The van der Waals surface area contributed by atoms with E-state index >= 15 is 0 Å². The molecule has 0 aliphatic heterocycles. The third-order valence-corrected chi connectivity index (χ3v) is 6.25. The molecule has 1 N–H and O–H groups in total. The first-order valence-corrected chi connectivity index (χ1v) is 12.2. The second kappa shape index (κ2) is 11.2. The Morgan fingerprint density at radius 3 is 2.26 bits per heavy atom. The summed E-state index contributed by atoms with van der Waals surface area (Å²) in [6, 6.07) is 14.6. The normalized spacial score (nSPS) is 12.1. The van der Waals surface area contributed by atoms with Gasteiger partial charge in [0.1, 0.15) is 12.6 Å². The number of sulfonamides is 1. The van der Waals surface area contributed by atoms with Crippen molar-refractivity contribution < 1.29 is 18.0 Å². The quantitative estimate of drug-likeness (QED) is 0.584. The molecule has 0 radical (unpaired) electrons. The van der Waals surface area contributed by atoms with Crippen LogP contribution in [0.3, 0.4) is 0 Å². The Balaban J connectivity index is 2.35. The van der Waals surface area contributed by atoms with Crippen molar-refractivity contribution in [3.63, 3.8) is 0 Å². The van der Waals surface area contributed by atoms with Crippen LogP contribution >= 0.6 is 11.6 Å². The van der Waals surface area contributed by atoms with E-state index in [2.05, 4.69) is 5.32 Å². The number of anilines is 1. The predicted molar refractivity (Wildman–Crippen MR) is 123 cm³/mol. The molecule has 0 unspecified atom stereocenters. The molecule has 0 saturated carbocycles. The minimum atomic E-state index is -3.73. The van der Waals surface area contributed by atoms with E-state index in [-0.39, 0.29) is 12.5 Å². The highest BCUT2D eigenvalue weighted by molar-refractivity contribution is 7.92. The number of hydrogen-bond donors (Lipinski definition) is 1. The van der Waals surface area contributed by atoms with Crippen LogP contribution in [0.1, 0.15) is 25.8 Å². The first-order chi connectivity index (χ1) is 14.6. The smallest absolute Gasteiger partial charge is 0.244 e. The van der Waals surface area contributed by atoms with E-state index in [0.717, 1.165) is 17.0 Å². The van der Waals surface area contributed by atoms with Crippen LogP contribution in [-0.4, -0.2) is 50.5 Å². The Kier molecular flexibility index (Phi) is 8.88. The molecule has 2 aromatic carbocycles. The average molecular weight is 466 g/mol. The summed E-state index contributed by atoms with van der Waals surface area (Å²) < 4.78 is 25.8. The molecule has 0 fully saturated rings. The standard InChI is InChI=1S/C22H28ClN3O4S/c1-4-14-24-22(28)17(2)25(15-18-10-8-9-13-20(18)23)21(27)16-26(31(3,29)30)19-11-6-5-7-12-19/h5-13,17H,4,14-16H2,1-3H3,(H,24,28)/t17-/m1/s1. The molecule has 2 aromatic rings. The van der Waals surface area contributed by atoms with E-state index in [1.807, 2.05) is 6.92 Å². The van der Waals surface area contributed by atoms with E-state index in [1.54, 1.807) is 61.5 Å². The van der Waals surface area contributed by atoms with Gasteiger partial charge in [-0.15, -0.1) is 0 Å². The van der Waals surface area contributed by atoms with Crippen LogP contribution in [0.5, 0.6) is 0 Å². The van der Waals surface area contributed by atoms with Crippen molar-refractivity contribution >= 4 is 39.1 Å². The maximum atomic E-state index is 13.3. The highest BCUT2D eigenvalue weighted by Gasteiger charge is 2.30. The molecule has 7 nitrogen and oxygen atoms in total. The van der Waals surface area contributed by atoms with Crippen LogP contribution in [0, 0.1) is 0 Å². The first kappa shape index (κ1) is 24.7. The third kappa shape index (κ3) is 6.97. The maximum absolute atomic E-state index is 13.3. The molecular formula is C22H28ClN3O4S. The van der Waals surface area contributed by atoms with Crippen molar-refractivity contribution in [1.82, 2.24) is 10.2 Å². The molecule has 2 amide bonds. The second-order valence-corrected chi connectivity index (χ2v) is 9.50. The summed E-state index contributed by atoms with van der Waals surface area (Å²) in [5.74, 6) is -0.818. The summed E-state index contributed by atoms with van der Waals surface area (Å²) in [6.45, 7) is 3.68. The lowest BCUT2D eigenvalue weighted by atomic mass is 10.1. The van der Waals surface area contributed by atoms with Gasteiger partial charge in [0.05, 0.1) is 11.9 Å². The zero-order chi connectivity index (χ0) is 23.0. The Morgan fingerprint density at radius 1 is 1.06 bits per heavy atom. The fraction of sp³-hybridized carbons (Fsp3) is 0.364. The number of para-hydroxylation sites is 1. The molecular weight excluding hydrogens is 438 g/mol. The molecule has 0 spiro atoms. The van der Waals surface area contributed by atoms with E-state index < -0.39 is 28.5 Å². The van der Waals surface area contributed by atoms with E-state index in [0.29, 0.717) is 22.8 Å². The largest absolute Gasteiger partial charge is 0.354 e. The van der Waals surface area contributed by atoms with Crippen LogP contribution in [0.25, 0.3) is 0 Å². The first-order valence-electron chi connectivity index (χ1n) is 9.98. The van der Waals surface area contributed by atoms with E-state index in [1.165, 1.54) is 4.90 Å². The molecule has 2 rings (SSSR count). The van der Waals surface area contributed by atoms with Gasteiger partial charge in [0.15, 0.2) is 0 Å². The highest BCUT2D eigenvalue weighted by atomic mass is 35.5. The highest BCUT2D eigenvalue weighted by Crippen LogP contribution is 2.21. The average Bonchev–Trinajstić information content (AvgIpc) is 2.74. The SMILES string of the molecule is CCCNC(=O)[C@@H](C)N(Cc1ccccc1Cl)C(=O)CN(c1ccccc1)S(C)(=O)=O. The molecule has 31 heavy (non-hydrogen) atoms. The Hall–Kier alpha value is -2.58. The van der Waals surface area contributed by atoms with Crippen LogP contribution in [0.4, 0.5) is 5.69 Å². The zero-order valence-corrected chi connectivity index (χ0v) is 19.5. The number of carbonyl (C=O) groups is 2. The van der Waals surface area contributed by atoms with Crippen LogP contribution in [-0.2, 0) is 26.2 Å². The van der Waals surface area contributed by atoms with Crippen molar-refractivity contribution in [2.75, 3.05) is 23.7 Å². The number of benzene rings is 2. The Morgan fingerprint density at radius 2 is 1.68 bits per heavy atom. The summed E-state index contributed by atoms with van der Waals surface area (Å²) >= 11 is 6.27. The lowest BCUT2D eigenvalue weighted by Gasteiger charge is -2.31. The summed E-state index contributed by atoms with van der Waals surface area (Å²) in [5, 5.41) is 3.25. The predicted octanol–water partition coefficient (Wildman–Crippen LogP) is 3.05. The van der Waals surface area contributed by atoms with Gasteiger partial charge in [0, 0.05) is 18.1 Å². The number of nitrogens with zero attached hydrogens (tertiary/aromatic N) is 2. The fourth-order valence-electron chi connectivity index (χ4n) is 3.00. The number of halogens is 1. The van der Waals surface area contributed by atoms with Crippen molar-refractivity contribution in [1.29, 1.82) is 0 Å². The van der Waals surface area contributed by atoms with E-state index in [9.17, 15) is 18.0 Å². The molecule has 0 aromatic heterocycles. The van der Waals surface area contributed by atoms with Crippen LogP contribution in [0.15, 0.2) is 54.6 Å². The Bertz CT molecular complexity index is 999. The van der Waals surface area contributed by atoms with Gasteiger partial charge in [0.2, 0.25) is 21.8 Å². The summed E-state index contributed by atoms with van der Waals surface area (Å²) in [6.07, 6.45) is 1.80. The molecule has 0 heterocycles. The zero-order valence-electron chi connectivity index (χ0n) is 17.9. The second-order valence-electron chi connectivity index (χ2n) is 7.19. The molecule has 0 aliphatic carbocycles. The van der Waals surface area contributed by atoms with Crippen molar-refractivity contribution in [2.24, 2.45) is 0 Å². The monoisotopic (exact) mass is 465 g/mol. The molecule has 0 aliphatic rings. The summed E-state index contributed by atoms with van der Waals surface area (Å²) in [5.41, 5.74) is 1.04. The third-order valence-electron chi connectivity index (χ3n) is 4.74. The number of carbonyl (C=O) groups excluding carboxylic acids is 2. The van der Waals surface area contributed by atoms with Gasteiger partial charge in [-0.2, -0.15) is 0 Å².